The van der Waals surface area contributed by atoms with E-state index in [0.29, 0.717) is 17.9 Å². The van der Waals surface area contributed by atoms with Crippen LogP contribution in [0.25, 0.3) is 0 Å². The zero-order chi connectivity index (χ0) is 26.9. The van der Waals surface area contributed by atoms with Crippen LogP contribution in [0.1, 0.15) is 42.9 Å². The molecule has 1 fully saturated rings. The summed E-state index contributed by atoms with van der Waals surface area (Å²) in [5.74, 6) is -0.313. The van der Waals surface area contributed by atoms with Gasteiger partial charge in [-0.05, 0) is 61.4 Å². The number of hydrogen-bond donors (Lipinski definition) is 3. The Hall–Kier alpha value is -3.47. The maximum Gasteiger partial charge on any atom is 0.261 e. The number of ether oxygens (including phenoxy) is 2. The summed E-state index contributed by atoms with van der Waals surface area (Å²) in [7, 11) is -3.93. The Labute approximate surface area is 220 Å². The number of carbonyl (C=O) groups excluding carboxylic acids is 1. The fourth-order valence-electron chi connectivity index (χ4n) is 5.11. The van der Waals surface area contributed by atoms with Crippen LogP contribution in [-0.2, 0) is 19.6 Å². The third kappa shape index (κ3) is 5.52. The smallest absolute Gasteiger partial charge is 0.261 e. The standard InChI is InChI=1S/C28H29FN2O6S/c1-17(18-5-3-2-4-6-18)30-27(33)15-21-14-24-23-13-20(9-12-25(23)37-28(24)26(16-32)36-21)31-38(34,35)22-10-7-19(29)8-11-22/h2-13,17,21,24,26,28,31-32H,14-16H2,1H3,(H,30,33)/t17-,21-,24-,26+,28+/m1/s1. The summed E-state index contributed by atoms with van der Waals surface area (Å²) < 4.78 is 53.5. The number of hydrogen-bond acceptors (Lipinski definition) is 6. The van der Waals surface area contributed by atoms with Gasteiger partial charge >= 0.3 is 0 Å². The molecule has 0 spiro atoms. The van der Waals surface area contributed by atoms with Crippen LogP contribution in [-0.4, -0.2) is 44.4 Å². The number of halogens is 1. The summed E-state index contributed by atoms with van der Waals surface area (Å²) in [5.41, 5.74) is 2.10. The highest BCUT2D eigenvalue weighted by Crippen LogP contribution is 2.47. The van der Waals surface area contributed by atoms with Crippen molar-refractivity contribution in [3.8, 4) is 5.75 Å². The first-order valence-electron chi connectivity index (χ1n) is 12.4. The molecule has 0 aromatic heterocycles. The van der Waals surface area contributed by atoms with Crippen LogP contribution in [0.3, 0.4) is 0 Å². The molecule has 10 heteroatoms. The first-order chi connectivity index (χ1) is 18.2. The number of nitrogens with one attached hydrogen (secondary N) is 2. The van der Waals surface area contributed by atoms with Gasteiger partial charge in [-0.15, -0.1) is 0 Å². The second-order valence-electron chi connectivity index (χ2n) is 9.62. The van der Waals surface area contributed by atoms with E-state index in [9.17, 15) is 22.7 Å². The number of aliphatic hydroxyl groups is 1. The molecule has 0 radical (unpaired) electrons. The van der Waals surface area contributed by atoms with Gasteiger partial charge in [0.25, 0.3) is 10.0 Å². The third-order valence-corrected chi connectivity index (χ3v) is 8.36. The van der Waals surface area contributed by atoms with Crippen molar-refractivity contribution < 1.29 is 32.2 Å². The fraction of sp³-hybridized carbons (Fsp3) is 0.321. The van der Waals surface area contributed by atoms with Crippen molar-refractivity contribution in [1.82, 2.24) is 5.32 Å². The van der Waals surface area contributed by atoms with E-state index < -0.39 is 34.2 Å². The van der Waals surface area contributed by atoms with Crippen LogP contribution in [0, 0.1) is 5.82 Å². The Balaban J connectivity index is 1.30. The molecule has 2 aliphatic rings. The molecular weight excluding hydrogens is 511 g/mol. The average molecular weight is 541 g/mol. The van der Waals surface area contributed by atoms with Gasteiger partial charge in [-0.2, -0.15) is 0 Å². The van der Waals surface area contributed by atoms with E-state index in [2.05, 4.69) is 10.0 Å². The Morgan fingerprint density at radius 2 is 1.84 bits per heavy atom. The highest BCUT2D eigenvalue weighted by molar-refractivity contribution is 7.92. The Bertz CT molecular complexity index is 1400. The van der Waals surface area contributed by atoms with Gasteiger partial charge in [0.1, 0.15) is 23.8 Å². The van der Waals surface area contributed by atoms with E-state index >= 15 is 0 Å². The lowest BCUT2D eigenvalue weighted by Gasteiger charge is -2.37. The lowest BCUT2D eigenvalue weighted by Crippen LogP contribution is -2.47. The van der Waals surface area contributed by atoms with Crippen molar-refractivity contribution in [3.05, 3.63) is 89.7 Å². The number of fused-ring (bicyclic) bond motifs is 3. The predicted octanol–water partition coefficient (Wildman–Crippen LogP) is 3.89. The Morgan fingerprint density at radius 3 is 2.55 bits per heavy atom. The molecule has 3 aromatic carbocycles. The largest absolute Gasteiger partial charge is 0.487 e. The lowest BCUT2D eigenvalue weighted by molar-refractivity contribution is -0.142. The summed E-state index contributed by atoms with van der Waals surface area (Å²) in [6.45, 7) is 1.63. The minimum absolute atomic E-state index is 0.0595. The Morgan fingerprint density at radius 1 is 1.11 bits per heavy atom. The number of amides is 1. The van der Waals surface area contributed by atoms with Crippen LogP contribution >= 0.6 is 0 Å². The van der Waals surface area contributed by atoms with Crippen molar-refractivity contribution in [2.24, 2.45) is 0 Å². The van der Waals surface area contributed by atoms with Crippen molar-refractivity contribution in [2.45, 2.75) is 54.9 Å². The van der Waals surface area contributed by atoms with E-state index in [-0.39, 0.29) is 35.8 Å². The molecule has 0 aliphatic carbocycles. The molecule has 0 saturated carbocycles. The molecule has 0 bridgehead atoms. The lowest BCUT2D eigenvalue weighted by atomic mass is 9.84. The average Bonchev–Trinajstić information content (AvgIpc) is 3.26. The van der Waals surface area contributed by atoms with E-state index in [4.69, 9.17) is 9.47 Å². The molecule has 5 atom stereocenters. The van der Waals surface area contributed by atoms with Crippen LogP contribution in [0.4, 0.5) is 10.1 Å². The molecular formula is C28H29FN2O6S. The number of sulfonamides is 1. The van der Waals surface area contributed by atoms with Gasteiger partial charge in [0.05, 0.1) is 30.1 Å². The first-order valence-corrected chi connectivity index (χ1v) is 13.9. The zero-order valence-corrected chi connectivity index (χ0v) is 21.5. The van der Waals surface area contributed by atoms with Crippen molar-refractivity contribution in [2.75, 3.05) is 11.3 Å². The topological polar surface area (TPSA) is 114 Å². The number of aliphatic hydroxyl groups excluding tert-OH is 1. The Kier molecular flexibility index (Phi) is 7.38. The van der Waals surface area contributed by atoms with E-state index in [1.165, 1.54) is 12.1 Å². The molecule has 2 aliphatic heterocycles. The predicted molar refractivity (Wildman–Crippen MR) is 139 cm³/mol. The van der Waals surface area contributed by atoms with E-state index in [1.807, 2.05) is 37.3 Å². The molecule has 5 rings (SSSR count). The fourth-order valence-corrected chi connectivity index (χ4v) is 6.16. The zero-order valence-electron chi connectivity index (χ0n) is 20.7. The van der Waals surface area contributed by atoms with Gasteiger partial charge in [0.15, 0.2) is 0 Å². The molecule has 1 amide bonds. The van der Waals surface area contributed by atoms with E-state index in [0.717, 1.165) is 23.3 Å². The molecule has 3 aromatic rings. The monoisotopic (exact) mass is 540 g/mol. The quantitative estimate of drug-likeness (QED) is 0.400. The van der Waals surface area contributed by atoms with Gasteiger partial charge < -0.3 is 19.9 Å². The number of benzene rings is 3. The minimum Gasteiger partial charge on any atom is -0.487 e. The second-order valence-corrected chi connectivity index (χ2v) is 11.3. The highest BCUT2D eigenvalue weighted by atomic mass is 32.2. The maximum atomic E-state index is 13.2. The number of rotatable bonds is 8. The highest BCUT2D eigenvalue weighted by Gasteiger charge is 2.46. The molecule has 8 nitrogen and oxygen atoms in total. The van der Waals surface area contributed by atoms with Crippen molar-refractivity contribution in [1.29, 1.82) is 0 Å². The molecule has 0 unspecified atom stereocenters. The number of anilines is 1. The van der Waals surface area contributed by atoms with Crippen LogP contribution < -0.4 is 14.8 Å². The van der Waals surface area contributed by atoms with Gasteiger partial charge in [0, 0.05) is 17.2 Å². The van der Waals surface area contributed by atoms with Gasteiger partial charge in [-0.1, -0.05) is 30.3 Å². The first kappa shape index (κ1) is 26.1. The summed E-state index contributed by atoms with van der Waals surface area (Å²) in [4.78, 5) is 12.7. The van der Waals surface area contributed by atoms with Crippen LogP contribution in [0.2, 0.25) is 0 Å². The molecule has 2 heterocycles. The minimum atomic E-state index is -3.93. The molecule has 3 N–H and O–H groups in total. The van der Waals surface area contributed by atoms with Crippen molar-refractivity contribution in [3.63, 3.8) is 0 Å². The summed E-state index contributed by atoms with van der Waals surface area (Å²) >= 11 is 0. The maximum absolute atomic E-state index is 13.2. The summed E-state index contributed by atoms with van der Waals surface area (Å²) in [6, 6.07) is 19.0. The molecule has 1 saturated heterocycles. The normalized spacial score (nSPS) is 23.0. The van der Waals surface area contributed by atoms with Crippen molar-refractivity contribution >= 4 is 21.6 Å². The summed E-state index contributed by atoms with van der Waals surface area (Å²) in [5, 5.41) is 13.0. The third-order valence-electron chi connectivity index (χ3n) is 6.97. The van der Waals surface area contributed by atoms with Crippen LogP contribution in [0.5, 0.6) is 5.75 Å². The SMILES string of the molecule is C[C@@H](NC(=O)C[C@H]1C[C@@H]2c3cc(NS(=O)(=O)c4ccc(F)cc4)ccc3O[C@@H]2[C@H](CO)O1)c1ccccc1. The molecule has 38 heavy (non-hydrogen) atoms. The van der Waals surface area contributed by atoms with Gasteiger partial charge in [-0.3, -0.25) is 9.52 Å². The van der Waals surface area contributed by atoms with Crippen LogP contribution in [0.15, 0.2) is 77.7 Å². The second kappa shape index (κ2) is 10.7. The number of carbonyl (C=O) groups is 1. The van der Waals surface area contributed by atoms with E-state index in [1.54, 1.807) is 18.2 Å². The van der Waals surface area contributed by atoms with Gasteiger partial charge in [-0.25, -0.2) is 12.8 Å². The van der Waals surface area contributed by atoms with Gasteiger partial charge in [0.2, 0.25) is 5.91 Å². The summed E-state index contributed by atoms with van der Waals surface area (Å²) in [6.07, 6.45) is -0.963. The molecule has 200 valence electrons.